The average Bonchev–Trinajstić information content (AvgIpc) is 2.64. The molecule has 0 aromatic carbocycles. The Morgan fingerprint density at radius 2 is 1.56 bits per heavy atom. The fourth-order valence-electron chi connectivity index (χ4n) is 4.17. The van der Waals surface area contributed by atoms with Gasteiger partial charge in [0.05, 0.1) is 0 Å². The molecule has 0 bridgehead atoms. The largest absolute Gasteiger partial charge is 0.327 e. The number of hydrogen-bond donors (Lipinski definition) is 1. The van der Waals surface area contributed by atoms with Crippen LogP contribution in [0, 0.1) is 11.3 Å². The summed E-state index contributed by atoms with van der Waals surface area (Å²) in [5.41, 5.74) is 7.19. The van der Waals surface area contributed by atoms with E-state index < -0.39 is 0 Å². The summed E-state index contributed by atoms with van der Waals surface area (Å²) in [5.74, 6) is 0.834. The lowest BCUT2D eigenvalue weighted by Gasteiger charge is -2.39. The highest BCUT2D eigenvalue weighted by Gasteiger charge is 2.41. The zero-order chi connectivity index (χ0) is 11.4. The molecule has 16 heavy (non-hydrogen) atoms. The van der Waals surface area contributed by atoms with Crippen LogP contribution in [0.4, 0.5) is 0 Å². The van der Waals surface area contributed by atoms with Crippen molar-refractivity contribution in [2.75, 3.05) is 0 Å². The van der Waals surface area contributed by atoms with Crippen LogP contribution in [0.3, 0.4) is 0 Å². The summed E-state index contributed by atoms with van der Waals surface area (Å²) in [5, 5.41) is 0. The van der Waals surface area contributed by atoms with Gasteiger partial charge in [-0.15, -0.1) is 0 Å². The van der Waals surface area contributed by atoms with Crippen molar-refractivity contribution in [2.24, 2.45) is 17.1 Å². The van der Waals surface area contributed by atoms with Crippen molar-refractivity contribution >= 4 is 0 Å². The Morgan fingerprint density at radius 3 is 2.06 bits per heavy atom. The fraction of sp³-hybridized carbons (Fsp3) is 1.00. The van der Waals surface area contributed by atoms with Crippen molar-refractivity contribution in [1.82, 2.24) is 0 Å². The van der Waals surface area contributed by atoms with Gasteiger partial charge in [0.15, 0.2) is 0 Å². The quantitative estimate of drug-likeness (QED) is 0.711. The molecule has 1 nitrogen and oxygen atoms in total. The predicted octanol–water partition coefficient (Wildman–Crippen LogP) is 4.25. The van der Waals surface area contributed by atoms with E-state index in [0.29, 0.717) is 11.5 Å². The molecular weight excluding hydrogens is 194 g/mol. The molecule has 2 fully saturated rings. The summed E-state index contributed by atoms with van der Waals surface area (Å²) in [6.07, 6.45) is 15.5. The Balaban J connectivity index is 2.00. The monoisotopic (exact) mass is 223 g/mol. The third kappa shape index (κ3) is 2.45. The summed E-state index contributed by atoms with van der Waals surface area (Å²) >= 11 is 0. The second-order valence-electron chi connectivity index (χ2n) is 6.20. The summed E-state index contributed by atoms with van der Waals surface area (Å²) in [6.45, 7) is 2.36. The number of nitrogens with two attached hydrogens (primary N) is 1. The van der Waals surface area contributed by atoms with Gasteiger partial charge in [-0.1, -0.05) is 45.4 Å². The van der Waals surface area contributed by atoms with Crippen LogP contribution in [0.25, 0.3) is 0 Å². The van der Waals surface area contributed by atoms with Gasteiger partial charge in [-0.3, -0.25) is 0 Å². The molecule has 0 saturated heterocycles. The van der Waals surface area contributed by atoms with Gasteiger partial charge in [0.1, 0.15) is 0 Å². The molecule has 2 aliphatic carbocycles. The zero-order valence-corrected chi connectivity index (χ0v) is 11.0. The Labute approximate surface area is 101 Å². The molecule has 94 valence electrons. The number of hydrogen-bond acceptors (Lipinski definition) is 1. The average molecular weight is 223 g/mol. The molecule has 1 atom stereocenters. The molecule has 1 heteroatoms. The second kappa shape index (κ2) is 5.53. The molecule has 0 radical (unpaired) electrons. The minimum atomic E-state index is 0.498. The van der Waals surface area contributed by atoms with Gasteiger partial charge in [0, 0.05) is 6.04 Å². The van der Waals surface area contributed by atoms with Gasteiger partial charge in [0.2, 0.25) is 0 Å². The van der Waals surface area contributed by atoms with Crippen molar-refractivity contribution < 1.29 is 0 Å². The van der Waals surface area contributed by atoms with Crippen LogP contribution in [0.5, 0.6) is 0 Å². The minimum Gasteiger partial charge on any atom is -0.327 e. The first-order chi connectivity index (χ1) is 7.78. The van der Waals surface area contributed by atoms with Crippen molar-refractivity contribution in [2.45, 2.75) is 83.6 Å². The van der Waals surface area contributed by atoms with Crippen LogP contribution >= 0.6 is 0 Å². The standard InChI is InChI=1S/C15H29N/c1-2-15(11-7-8-12-15)14(16)13-9-5-3-4-6-10-13/h13-14H,2-12,16H2,1H3. The molecule has 1 unspecified atom stereocenters. The van der Waals surface area contributed by atoms with Gasteiger partial charge < -0.3 is 5.73 Å². The first kappa shape index (κ1) is 12.4. The molecule has 0 heterocycles. The molecule has 2 aliphatic rings. The van der Waals surface area contributed by atoms with Crippen LogP contribution in [0.1, 0.15) is 77.6 Å². The molecule has 0 amide bonds. The lowest BCUT2D eigenvalue weighted by atomic mass is 9.70. The van der Waals surface area contributed by atoms with E-state index in [0.717, 1.165) is 5.92 Å². The Bertz CT molecular complexity index is 197. The topological polar surface area (TPSA) is 26.0 Å². The molecule has 2 saturated carbocycles. The van der Waals surface area contributed by atoms with Crippen LogP contribution in [-0.4, -0.2) is 6.04 Å². The fourth-order valence-corrected chi connectivity index (χ4v) is 4.17. The minimum absolute atomic E-state index is 0.498. The normalized spacial score (nSPS) is 28.9. The highest BCUT2D eigenvalue weighted by molar-refractivity contribution is 4.95. The number of rotatable bonds is 3. The third-order valence-corrected chi connectivity index (χ3v) is 5.42. The van der Waals surface area contributed by atoms with Gasteiger partial charge in [-0.2, -0.15) is 0 Å². The summed E-state index contributed by atoms with van der Waals surface area (Å²) in [6, 6.07) is 0.498. The molecule has 2 N–H and O–H groups in total. The maximum Gasteiger partial charge on any atom is 0.0124 e. The third-order valence-electron chi connectivity index (χ3n) is 5.42. The van der Waals surface area contributed by atoms with Gasteiger partial charge in [-0.05, 0) is 43.4 Å². The highest BCUT2D eigenvalue weighted by Crippen LogP contribution is 2.47. The van der Waals surface area contributed by atoms with Crippen molar-refractivity contribution in [3.63, 3.8) is 0 Å². The maximum absolute atomic E-state index is 6.67. The van der Waals surface area contributed by atoms with Crippen LogP contribution in [0.15, 0.2) is 0 Å². The molecule has 0 aromatic rings. The van der Waals surface area contributed by atoms with E-state index in [2.05, 4.69) is 6.92 Å². The summed E-state index contributed by atoms with van der Waals surface area (Å²) in [4.78, 5) is 0. The van der Waals surface area contributed by atoms with E-state index in [-0.39, 0.29) is 0 Å². The molecule has 2 rings (SSSR count). The van der Waals surface area contributed by atoms with Gasteiger partial charge in [-0.25, -0.2) is 0 Å². The lowest BCUT2D eigenvalue weighted by Crippen LogP contribution is -2.45. The van der Waals surface area contributed by atoms with Gasteiger partial charge >= 0.3 is 0 Å². The zero-order valence-electron chi connectivity index (χ0n) is 11.0. The van der Waals surface area contributed by atoms with E-state index in [1.807, 2.05) is 0 Å². The molecule has 0 aliphatic heterocycles. The van der Waals surface area contributed by atoms with E-state index in [1.165, 1.54) is 70.6 Å². The second-order valence-corrected chi connectivity index (χ2v) is 6.20. The van der Waals surface area contributed by atoms with Gasteiger partial charge in [0.25, 0.3) is 0 Å². The maximum atomic E-state index is 6.67. The smallest absolute Gasteiger partial charge is 0.0124 e. The van der Waals surface area contributed by atoms with E-state index >= 15 is 0 Å². The lowest BCUT2D eigenvalue weighted by molar-refractivity contribution is 0.155. The Kier molecular flexibility index (Phi) is 4.29. The SMILES string of the molecule is CCC1(C(N)C2CCCCCC2)CCCC1. The van der Waals surface area contributed by atoms with Crippen molar-refractivity contribution in [3.05, 3.63) is 0 Å². The van der Waals surface area contributed by atoms with Crippen molar-refractivity contribution in [3.8, 4) is 0 Å². The Morgan fingerprint density at radius 1 is 1.00 bits per heavy atom. The summed E-state index contributed by atoms with van der Waals surface area (Å²) < 4.78 is 0. The van der Waals surface area contributed by atoms with E-state index in [9.17, 15) is 0 Å². The predicted molar refractivity (Wildman–Crippen MR) is 70.4 cm³/mol. The summed E-state index contributed by atoms with van der Waals surface area (Å²) in [7, 11) is 0. The molecule has 0 aromatic heterocycles. The highest BCUT2D eigenvalue weighted by atomic mass is 14.7. The van der Waals surface area contributed by atoms with Crippen LogP contribution < -0.4 is 5.73 Å². The van der Waals surface area contributed by atoms with E-state index in [1.54, 1.807) is 0 Å². The molecular formula is C15H29N. The van der Waals surface area contributed by atoms with Crippen LogP contribution in [0.2, 0.25) is 0 Å². The first-order valence-electron chi connectivity index (χ1n) is 7.54. The molecule has 0 spiro atoms. The Hall–Kier alpha value is -0.0400. The van der Waals surface area contributed by atoms with E-state index in [4.69, 9.17) is 5.73 Å². The first-order valence-corrected chi connectivity index (χ1v) is 7.54. The van der Waals surface area contributed by atoms with Crippen molar-refractivity contribution in [1.29, 1.82) is 0 Å². The van der Waals surface area contributed by atoms with Crippen LogP contribution in [-0.2, 0) is 0 Å².